The quantitative estimate of drug-likeness (QED) is 0.682. The van der Waals surface area contributed by atoms with E-state index in [1.807, 2.05) is 11.8 Å². The van der Waals surface area contributed by atoms with Crippen LogP contribution in [-0.2, 0) is 0 Å². The van der Waals surface area contributed by atoms with Crippen LogP contribution in [0.1, 0.15) is 6.92 Å². The average molecular weight is 292 g/mol. The molecule has 2 aliphatic heterocycles. The molecule has 15 heavy (non-hydrogen) atoms. The number of rotatable bonds is 1. The summed E-state index contributed by atoms with van der Waals surface area (Å²) in [6, 6.07) is 0.644. The van der Waals surface area contributed by atoms with Gasteiger partial charge in [0.1, 0.15) is 0 Å². The van der Waals surface area contributed by atoms with Gasteiger partial charge in [-0.25, -0.2) is 0 Å². The largest absolute Gasteiger partial charge is 0.349 e. The molecular formula is C10H18BrN3S. The van der Waals surface area contributed by atoms with Crippen LogP contribution >= 0.6 is 27.7 Å². The molecule has 2 heterocycles. The molecule has 0 bridgehead atoms. The molecule has 2 atom stereocenters. The first-order valence-electron chi connectivity index (χ1n) is 5.43. The van der Waals surface area contributed by atoms with E-state index in [1.165, 1.54) is 5.17 Å². The van der Waals surface area contributed by atoms with Gasteiger partial charge in [-0.15, -0.1) is 0 Å². The molecule has 86 valence electrons. The maximum absolute atomic E-state index is 4.63. The number of aliphatic imine (C=N–C) groups is 1. The summed E-state index contributed by atoms with van der Waals surface area (Å²) in [7, 11) is 2.20. The van der Waals surface area contributed by atoms with Crippen molar-refractivity contribution in [2.75, 3.05) is 38.6 Å². The molecule has 2 aliphatic rings. The zero-order valence-electron chi connectivity index (χ0n) is 9.32. The van der Waals surface area contributed by atoms with Gasteiger partial charge in [-0.05, 0) is 14.0 Å². The average Bonchev–Trinajstić information content (AvgIpc) is 2.70. The van der Waals surface area contributed by atoms with Gasteiger partial charge in [0.15, 0.2) is 5.17 Å². The molecule has 0 amide bonds. The lowest BCUT2D eigenvalue weighted by atomic mass is 10.2. The Balaban J connectivity index is 1.90. The van der Waals surface area contributed by atoms with Crippen molar-refractivity contribution in [2.24, 2.45) is 4.99 Å². The number of nitrogens with zero attached hydrogens (tertiary/aromatic N) is 3. The van der Waals surface area contributed by atoms with Crippen LogP contribution in [0.5, 0.6) is 0 Å². The second-order valence-corrected chi connectivity index (χ2v) is 6.21. The number of piperazine rings is 1. The highest BCUT2D eigenvalue weighted by Crippen LogP contribution is 2.26. The number of alkyl halides is 1. The number of hydrogen-bond donors (Lipinski definition) is 0. The van der Waals surface area contributed by atoms with E-state index in [9.17, 15) is 0 Å². The van der Waals surface area contributed by atoms with Crippen molar-refractivity contribution in [2.45, 2.75) is 18.2 Å². The summed E-state index contributed by atoms with van der Waals surface area (Å²) >= 11 is 5.46. The third-order valence-electron chi connectivity index (χ3n) is 3.10. The van der Waals surface area contributed by atoms with E-state index in [0.29, 0.717) is 11.3 Å². The maximum Gasteiger partial charge on any atom is 0.159 e. The summed E-state index contributed by atoms with van der Waals surface area (Å²) in [6.07, 6.45) is 0. The fourth-order valence-corrected chi connectivity index (χ4v) is 3.46. The normalized spacial score (nSPS) is 33.3. The number of amidine groups is 1. The van der Waals surface area contributed by atoms with E-state index in [0.717, 1.165) is 31.5 Å². The van der Waals surface area contributed by atoms with E-state index in [2.05, 4.69) is 44.7 Å². The van der Waals surface area contributed by atoms with E-state index in [1.54, 1.807) is 0 Å². The Kier molecular flexibility index (Phi) is 3.96. The van der Waals surface area contributed by atoms with Crippen molar-refractivity contribution in [1.29, 1.82) is 0 Å². The van der Waals surface area contributed by atoms with E-state index in [-0.39, 0.29) is 0 Å². The van der Waals surface area contributed by atoms with Gasteiger partial charge in [0.05, 0.1) is 6.54 Å². The topological polar surface area (TPSA) is 18.8 Å². The number of likely N-dealkylation sites (N-methyl/N-ethyl adjacent to an activating group) is 1. The molecule has 0 aromatic carbocycles. The van der Waals surface area contributed by atoms with Crippen molar-refractivity contribution < 1.29 is 0 Å². The van der Waals surface area contributed by atoms with Crippen molar-refractivity contribution >= 4 is 32.9 Å². The zero-order valence-corrected chi connectivity index (χ0v) is 11.7. The van der Waals surface area contributed by atoms with Gasteiger partial charge in [-0.2, -0.15) is 0 Å². The first-order chi connectivity index (χ1) is 7.20. The highest BCUT2D eigenvalue weighted by atomic mass is 79.9. The maximum atomic E-state index is 4.63. The minimum Gasteiger partial charge on any atom is -0.349 e. The van der Waals surface area contributed by atoms with Crippen LogP contribution in [-0.4, -0.2) is 64.8 Å². The lowest BCUT2D eigenvalue weighted by Crippen LogP contribution is -2.51. The van der Waals surface area contributed by atoms with Gasteiger partial charge in [0.25, 0.3) is 0 Å². The lowest BCUT2D eigenvalue weighted by Gasteiger charge is -2.38. The minimum absolute atomic E-state index is 0.644. The second kappa shape index (κ2) is 5.06. The Morgan fingerprint density at radius 1 is 1.53 bits per heavy atom. The molecule has 2 unspecified atom stereocenters. The summed E-state index contributed by atoms with van der Waals surface area (Å²) in [4.78, 5) is 9.49. The Bertz CT molecular complexity index is 259. The summed E-state index contributed by atoms with van der Waals surface area (Å²) in [6.45, 7) is 6.67. The lowest BCUT2D eigenvalue weighted by molar-refractivity contribution is 0.155. The third kappa shape index (κ3) is 2.68. The van der Waals surface area contributed by atoms with Gasteiger partial charge >= 0.3 is 0 Å². The van der Waals surface area contributed by atoms with E-state index < -0.39 is 0 Å². The fraction of sp³-hybridized carbons (Fsp3) is 0.900. The van der Waals surface area contributed by atoms with E-state index >= 15 is 0 Å². The monoisotopic (exact) mass is 291 g/mol. The van der Waals surface area contributed by atoms with Gasteiger partial charge in [0.2, 0.25) is 0 Å². The highest BCUT2D eigenvalue weighted by molar-refractivity contribution is 9.09. The molecular weight excluding hydrogens is 274 g/mol. The summed E-state index contributed by atoms with van der Waals surface area (Å²) < 4.78 is 0. The molecule has 0 aliphatic carbocycles. The Morgan fingerprint density at radius 3 is 2.93 bits per heavy atom. The molecule has 1 fully saturated rings. The Morgan fingerprint density at radius 2 is 2.33 bits per heavy atom. The molecule has 2 rings (SSSR count). The predicted molar refractivity (Wildman–Crippen MR) is 71.1 cm³/mol. The molecule has 1 saturated heterocycles. The third-order valence-corrected chi connectivity index (χ3v) is 5.56. The first kappa shape index (κ1) is 11.7. The molecule has 0 aromatic heterocycles. The Hall–Kier alpha value is 0.260. The van der Waals surface area contributed by atoms with Gasteiger partial charge in [-0.1, -0.05) is 27.7 Å². The van der Waals surface area contributed by atoms with Crippen LogP contribution in [0.3, 0.4) is 0 Å². The van der Waals surface area contributed by atoms with Crippen LogP contribution in [0.15, 0.2) is 4.99 Å². The molecule has 0 aromatic rings. The van der Waals surface area contributed by atoms with E-state index in [4.69, 9.17) is 0 Å². The number of thioether (sulfide) groups is 1. The van der Waals surface area contributed by atoms with Gasteiger partial charge < -0.3 is 9.80 Å². The standard InChI is InChI=1S/C10H18BrN3S/c1-8-7-14(4-3-13(8)2)10-12-6-9(5-11)15-10/h8-9H,3-7H2,1-2H3. The molecule has 5 heteroatoms. The summed E-state index contributed by atoms with van der Waals surface area (Å²) in [5.74, 6) is 0. The van der Waals surface area contributed by atoms with Gasteiger partial charge in [-0.3, -0.25) is 4.99 Å². The smallest absolute Gasteiger partial charge is 0.159 e. The molecule has 3 nitrogen and oxygen atoms in total. The fourth-order valence-electron chi connectivity index (χ4n) is 1.88. The second-order valence-electron chi connectivity index (χ2n) is 4.29. The molecule has 0 spiro atoms. The first-order valence-corrected chi connectivity index (χ1v) is 7.43. The number of hydrogen-bond acceptors (Lipinski definition) is 4. The molecule has 0 N–H and O–H groups in total. The number of halogens is 1. The summed E-state index contributed by atoms with van der Waals surface area (Å²) in [5, 5.41) is 2.96. The SMILES string of the molecule is CC1CN(C2=NCC(CBr)S2)CCN1C. The van der Waals surface area contributed by atoms with Crippen molar-refractivity contribution in [3.63, 3.8) is 0 Å². The molecule has 0 saturated carbocycles. The van der Waals surface area contributed by atoms with Crippen molar-refractivity contribution in [1.82, 2.24) is 9.80 Å². The molecule has 0 radical (unpaired) electrons. The summed E-state index contributed by atoms with van der Waals surface area (Å²) in [5.41, 5.74) is 0. The van der Waals surface area contributed by atoms with Crippen LogP contribution in [0, 0.1) is 0 Å². The van der Waals surface area contributed by atoms with Crippen LogP contribution < -0.4 is 0 Å². The predicted octanol–water partition coefficient (Wildman–Crippen LogP) is 1.49. The van der Waals surface area contributed by atoms with Crippen LogP contribution in [0.4, 0.5) is 0 Å². The Labute approximate surface area is 104 Å². The van der Waals surface area contributed by atoms with Crippen molar-refractivity contribution in [3.8, 4) is 0 Å². The highest BCUT2D eigenvalue weighted by Gasteiger charge is 2.27. The van der Waals surface area contributed by atoms with Crippen molar-refractivity contribution in [3.05, 3.63) is 0 Å². The van der Waals surface area contributed by atoms with Gasteiger partial charge in [0, 0.05) is 36.3 Å². The van der Waals surface area contributed by atoms with Crippen LogP contribution in [0.25, 0.3) is 0 Å². The van der Waals surface area contributed by atoms with Crippen LogP contribution in [0.2, 0.25) is 0 Å². The minimum atomic E-state index is 0.644. The zero-order chi connectivity index (χ0) is 10.8.